The first kappa shape index (κ1) is 14.1. The Morgan fingerprint density at radius 1 is 1.48 bits per heavy atom. The third kappa shape index (κ3) is 2.66. The van der Waals surface area contributed by atoms with Gasteiger partial charge in [-0.15, -0.1) is 0 Å². The molecule has 21 heavy (non-hydrogen) atoms. The lowest BCUT2D eigenvalue weighted by Crippen LogP contribution is -2.39. The summed E-state index contributed by atoms with van der Waals surface area (Å²) in [5.41, 5.74) is 1.50. The molecule has 0 bridgehead atoms. The van der Waals surface area contributed by atoms with Crippen molar-refractivity contribution >= 4 is 5.91 Å². The van der Waals surface area contributed by atoms with Crippen LogP contribution in [0.25, 0.3) is 0 Å². The molecular formula is C17H20N2O2. The monoisotopic (exact) mass is 284 g/mol. The van der Waals surface area contributed by atoms with E-state index in [2.05, 4.69) is 13.0 Å². The van der Waals surface area contributed by atoms with Gasteiger partial charge in [0.2, 0.25) is 5.91 Å². The SMILES string of the molecule is CCC1CN(C(=O)C2CCC2)C(c2cccc(C#N)c2)O1. The Balaban J connectivity index is 1.86. The quantitative estimate of drug-likeness (QED) is 0.857. The number of nitriles is 1. The molecule has 4 heteroatoms. The smallest absolute Gasteiger partial charge is 0.228 e. The van der Waals surface area contributed by atoms with Crippen LogP contribution >= 0.6 is 0 Å². The van der Waals surface area contributed by atoms with Crippen LogP contribution in [0.4, 0.5) is 0 Å². The third-order valence-corrected chi connectivity index (χ3v) is 4.50. The van der Waals surface area contributed by atoms with Crippen molar-refractivity contribution in [3.05, 3.63) is 35.4 Å². The van der Waals surface area contributed by atoms with Crippen LogP contribution in [0, 0.1) is 17.2 Å². The van der Waals surface area contributed by atoms with Gasteiger partial charge in [-0.25, -0.2) is 0 Å². The van der Waals surface area contributed by atoms with Gasteiger partial charge in [-0.05, 0) is 31.4 Å². The van der Waals surface area contributed by atoms with Crippen LogP contribution in [0.15, 0.2) is 24.3 Å². The van der Waals surface area contributed by atoms with Gasteiger partial charge < -0.3 is 9.64 Å². The number of carbonyl (C=O) groups is 1. The van der Waals surface area contributed by atoms with Gasteiger partial charge in [0, 0.05) is 18.0 Å². The zero-order valence-electron chi connectivity index (χ0n) is 12.3. The first-order chi connectivity index (χ1) is 10.2. The molecular weight excluding hydrogens is 264 g/mol. The summed E-state index contributed by atoms with van der Waals surface area (Å²) in [6.45, 7) is 2.73. The van der Waals surface area contributed by atoms with Crippen LogP contribution in [0.2, 0.25) is 0 Å². The predicted molar refractivity (Wildman–Crippen MR) is 78.1 cm³/mol. The van der Waals surface area contributed by atoms with Crippen molar-refractivity contribution in [2.24, 2.45) is 5.92 Å². The van der Waals surface area contributed by atoms with Crippen molar-refractivity contribution in [2.75, 3.05) is 6.54 Å². The lowest BCUT2D eigenvalue weighted by molar-refractivity contribution is -0.143. The number of ether oxygens (including phenoxy) is 1. The van der Waals surface area contributed by atoms with Crippen LogP contribution in [-0.2, 0) is 9.53 Å². The van der Waals surface area contributed by atoms with E-state index in [0.717, 1.165) is 31.2 Å². The Kier molecular flexibility index (Phi) is 3.94. The number of hydrogen-bond donors (Lipinski definition) is 0. The molecule has 1 amide bonds. The van der Waals surface area contributed by atoms with E-state index in [0.29, 0.717) is 12.1 Å². The van der Waals surface area contributed by atoms with Crippen LogP contribution < -0.4 is 0 Å². The van der Waals surface area contributed by atoms with Crippen LogP contribution in [0.1, 0.15) is 50.0 Å². The van der Waals surface area contributed by atoms with Gasteiger partial charge in [-0.2, -0.15) is 5.26 Å². The molecule has 1 heterocycles. The third-order valence-electron chi connectivity index (χ3n) is 4.50. The number of nitrogens with zero attached hydrogens (tertiary/aromatic N) is 2. The minimum absolute atomic E-state index is 0.0877. The lowest BCUT2D eigenvalue weighted by Gasteiger charge is -2.31. The Hall–Kier alpha value is -1.86. The van der Waals surface area contributed by atoms with Gasteiger partial charge >= 0.3 is 0 Å². The maximum Gasteiger partial charge on any atom is 0.228 e. The second kappa shape index (κ2) is 5.87. The van der Waals surface area contributed by atoms with E-state index < -0.39 is 0 Å². The van der Waals surface area contributed by atoms with E-state index >= 15 is 0 Å². The predicted octanol–water partition coefficient (Wildman–Crippen LogP) is 2.99. The molecule has 1 aliphatic heterocycles. The fourth-order valence-corrected chi connectivity index (χ4v) is 2.95. The molecule has 1 saturated heterocycles. The van der Waals surface area contributed by atoms with E-state index in [1.54, 1.807) is 6.07 Å². The summed E-state index contributed by atoms with van der Waals surface area (Å²) in [7, 11) is 0. The first-order valence-corrected chi connectivity index (χ1v) is 7.69. The minimum Gasteiger partial charge on any atom is -0.349 e. The molecule has 0 aromatic heterocycles. The molecule has 2 unspecified atom stereocenters. The van der Waals surface area contributed by atoms with Crippen LogP contribution in [0.5, 0.6) is 0 Å². The highest BCUT2D eigenvalue weighted by atomic mass is 16.5. The summed E-state index contributed by atoms with van der Waals surface area (Å²) in [5.74, 6) is 0.385. The summed E-state index contributed by atoms with van der Waals surface area (Å²) < 4.78 is 6.04. The maximum absolute atomic E-state index is 12.6. The van der Waals surface area contributed by atoms with E-state index in [-0.39, 0.29) is 24.2 Å². The van der Waals surface area contributed by atoms with Gasteiger partial charge in [-0.1, -0.05) is 25.5 Å². The number of rotatable bonds is 3. The zero-order chi connectivity index (χ0) is 14.8. The van der Waals surface area contributed by atoms with Gasteiger partial charge in [-0.3, -0.25) is 4.79 Å². The van der Waals surface area contributed by atoms with Crippen LogP contribution in [-0.4, -0.2) is 23.5 Å². The zero-order valence-corrected chi connectivity index (χ0v) is 12.3. The normalized spacial score (nSPS) is 25.4. The van der Waals surface area contributed by atoms with Crippen molar-refractivity contribution in [1.29, 1.82) is 5.26 Å². The molecule has 0 N–H and O–H groups in total. The van der Waals surface area contributed by atoms with Crippen molar-refractivity contribution < 1.29 is 9.53 Å². The highest BCUT2D eigenvalue weighted by Crippen LogP contribution is 2.36. The molecule has 1 aliphatic carbocycles. The number of carbonyl (C=O) groups excluding carboxylic acids is 1. The molecule has 1 aromatic carbocycles. The lowest BCUT2D eigenvalue weighted by atomic mass is 9.84. The summed E-state index contributed by atoms with van der Waals surface area (Å²) in [6, 6.07) is 9.53. The van der Waals surface area contributed by atoms with E-state index in [9.17, 15) is 4.79 Å². The second-order valence-corrected chi connectivity index (χ2v) is 5.87. The highest BCUT2D eigenvalue weighted by molar-refractivity contribution is 5.80. The van der Waals surface area contributed by atoms with Crippen LogP contribution in [0.3, 0.4) is 0 Å². The fourth-order valence-electron chi connectivity index (χ4n) is 2.95. The summed E-state index contributed by atoms with van der Waals surface area (Å²) in [5, 5.41) is 9.04. The van der Waals surface area contributed by atoms with E-state index in [4.69, 9.17) is 10.00 Å². The highest BCUT2D eigenvalue weighted by Gasteiger charge is 2.40. The van der Waals surface area contributed by atoms with E-state index in [1.165, 1.54) is 0 Å². The van der Waals surface area contributed by atoms with E-state index in [1.807, 2.05) is 23.1 Å². The number of benzene rings is 1. The van der Waals surface area contributed by atoms with Gasteiger partial charge in [0.1, 0.15) is 0 Å². The Morgan fingerprint density at radius 3 is 2.90 bits per heavy atom. The number of amides is 1. The molecule has 4 nitrogen and oxygen atoms in total. The van der Waals surface area contributed by atoms with Gasteiger partial charge in [0.15, 0.2) is 6.23 Å². The maximum atomic E-state index is 12.6. The second-order valence-electron chi connectivity index (χ2n) is 5.87. The van der Waals surface area contributed by atoms with Crippen molar-refractivity contribution in [2.45, 2.75) is 44.9 Å². The molecule has 0 spiro atoms. The Labute approximate surface area is 125 Å². The van der Waals surface area contributed by atoms with Crippen molar-refractivity contribution in [3.8, 4) is 6.07 Å². The largest absolute Gasteiger partial charge is 0.349 e. The molecule has 1 aromatic rings. The standard InChI is InChI=1S/C17H20N2O2/c1-2-15-11-19(16(20)13-6-4-7-13)17(21-15)14-8-3-5-12(9-14)10-18/h3,5,8-9,13,15,17H,2,4,6-7,11H2,1H3. The molecule has 2 atom stereocenters. The summed E-state index contributed by atoms with van der Waals surface area (Å²) in [4.78, 5) is 14.5. The molecule has 1 saturated carbocycles. The Bertz CT molecular complexity index is 574. The molecule has 3 rings (SSSR count). The average molecular weight is 284 g/mol. The first-order valence-electron chi connectivity index (χ1n) is 7.69. The van der Waals surface area contributed by atoms with Gasteiger partial charge in [0.05, 0.1) is 17.7 Å². The minimum atomic E-state index is -0.337. The van der Waals surface area contributed by atoms with Gasteiger partial charge in [0.25, 0.3) is 0 Å². The van der Waals surface area contributed by atoms with Crippen molar-refractivity contribution in [1.82, 2.24) is 4.90 Å². The molecule has 2 aliphatic rings. The average Bonchev–Trinajstić information content (AvgIpc) is 2.90. The Morgan fingerprint density at radius 2 is 2.29 bits per heavy atom. The summed E-state index contributed by atoms with van der Waals surface area (Å²) >= 11 is 0. The molecule has 2 fully saturated rings. The number of hydrogen-bond acceptors (Lipinski definition) is 3. The topological polar surface area (TPSA) is 53.3 Å². The molecule has 0 radical (unpaired) electrons. The fraction of sp³-hybridized carbons (Fsp3) is 0.529. The molecule has 110 valence electrons. The summed E-state index contributed by atoms with van der Waals surface area (Å²) in [6.07, 6.45) is 3.79. The van der Waals surface area contributed by atoms with Crippen molar-refractivity contribution in [3.63, 3.8) is 0 Å².